The van der Waals surface area contributed by atoms with Crippen LogP contribution in [-0.2, 0) is 4.74 Å². The van der Waals surface area contributed by atoms with Gasteiger partial charge in [0.1, 0.15) is 0 Å². The van der Waals surface area contributed by atoms with E-state index < -0.39 is 23.3 Å². The monoisotopic (exact) mass is 228 g/mol. The first-order chi connectivity index (χ1) is 7.61. The van der Waals surface area contributed by atoms with Crippen LogP contribution in [0.5, 0.6) is 0 Å². The summed E-state index contributed by atoms with van der Waals surface area (Å²) < 4.78 is 19.0. The van der Waals surface area contributed by atoms with E-state index in [1.165, 1.54) is 6.08 Å². The van der Waals surface area contributed by atoms with Gasteiger partial charge in [-0.2, -0.15) is 4.39 Å². The van der Waals surface area contributed by atoms with E-state index in [0.717, 1.165) is 10.8 Å². The topological polar surface area (TPSA) is 84.3 Å². The van der Waals surface area contributed by atoms with Gasteiger partial charge in [0.2, 0.25) is 5.82 Å². The average Bonchev–Trinajstić information content (AvgIpc) is 2.71. The highest BCUT2D eigenvalue weighted by molar-refractivity contribution is 5.10. The number of H-pyrrole nitrogens is 1. The SMILES string of the molecule is O=c1[nH]c(=O)n([C@H]2C=C(CO)CO2)cc1F. The molecule has 0 saturated heterocycles. The zero-order valence-corrected chi connectivity index (χ0v) is 8.14. The number of ether oxygens (including phenoxy) is 1. The third-order valence-corrected chi connectivity index (χ3v) is 2.22. The molecule has 0 saturated carbocycles. The quantitative estimate of drug-likeness (QED) is 0.644. The summed E-state index contributed by atoms with van der Waals surface area (Å²) in [7, 11) is 0. The Bertz CT molecular complexity index is 545. The predicted molar refractivity (Wildman–Crippen MR) is 51.4 cm³/mol. The van der Waals surface area contributed by atoms with Gasteiger partial charge in [-0.3, -0.25) is 14.3 Å². The highest BCUT2D eigenvalue weighted by Gasteiger charge is 2.19. The number of nitrogens with one attached hydrogen (secondary N) is 1. The van der Waals surface area contributed by atoms with E-state index in [0.29, 0.717) is 5.57 Å². The predicted octanol–water partition coefficient (Wildman–Crippen LogP) is -0.877. The van der Waals surface area contributed by atoms with Crippen molar-refractivity contribution < 1.29 is 14.2 Å². The molecule has 2 heterocycles. The molecule has 7 heteroatoms. The van der Waals surface area contributed by atoms with E-state index in [4.69, 9.17) is 9.84 Å². The lowest BCUT2D eigenvalue weighted by molar-refractivity contribution is 0.0671. The van der Waals surface area contributed by atoms with Crippen molar-refractivity contribution in [1.29, 1.82) is 0 Å². The number of aliphatic hydroxyl groups is 1. The highest BCUT2D eigenvalue weighted by Crippen LogP contribution is 2.18. The van der Waals surface area contributed by atoms with Crippen molar-refractivity contribution in [3.05, 3.63) is 44.5 Å². The number of halogens is 1. The molecule has 0 aromatic carbocycles. The van der Waals surface area contributed by atoms with Crippen molar-refractivity contribution in [2.24, 2.45) is 0 Å². The van der Waals surface area contributed by atoms with Gasteiger partial charge in [-0.15, -0.1) is 0 Å². The van der Waals surface area contributed by atoms with Gasteiger partial charge in [-0.1, -0.05) is 0 Å². The van der Waals surface area contributed by atoms with Crippen LogP contribution in [0.4, 0.5) is 4.39 Å². The Hall–Kier alpha value is -1.73. The molecule has 0 aliphatic carbocycles. The largest absolute Gasteiger partial charge is 0.392 e. The van der Waals surface area contributed by atoms with Crippen LogP contribution in [0.25, 0.3) is 0 Å². The number of aromatic amines is 1. The fourth-order valence-electron chi connectivity index (χ4n) is 1.40. The molecule has 2 rings (SSSR count). The molecule has 1 aliphatic heterocycles. The minimum absolute atomic E-state index is 0.175. The standard InChI is InChI=1S/C9H9FN2O4/c10-6-2-12(9(15)11-8(6)14)7-1-5(3-13)4-16-7/h1-2,7,13H,3-4H2,(H,11,14,15)/t7-/m1/s1. The lowest BCUT2D eigenvalue weighted by atomic mass is 10.3. The van der Waals surface area contributed by atoms with Crippen molar-refractivity contribution in [1.82, 2.24) is 9.55 Å². The number of aliphatic hydroxyl groups excluding tert-OH is 1. The Labute approximate surface area is 88.6 Å². The number of nitrogens with zero attached hydrogens (tertiary/aromatic N) is 1. The number of rotatable bonds is 2. The summed E-state index contributed by atoms with van der Waals surface area (Å²) in [5.74, 6) is -1.06. The molecular weight excluding hydrogens is 219 g/mol. The van der Waals surface area contributed by atoms with Gasteiger partial charge in [-0.05, 0) is 11.6 Å². The molecule has 1 aliphatic rings. The van der Waals surface area contributed by atoms with Crippen LogP contribution in [-0.4, -0.2) is 27.9 Å². The van der Waals surface area contributed by atoms with Crippen LogP contribution >= 0.6 is 0 Å². The van der Waals surface area contributed by atoms with Gasteiger partial charge in [0.05, 0.1) is 19.4 Å². The van der Waals surface area contributed by atoms with Gasteiger partial charge in [0.15, 0.2) is 6.23 Å². The summed E-state index contributed by atoms with van der Waals surface area (Å²) in [4.78, 5) is 24.0. The first kappa shape index (κ1) is 10.8. The van der Waals surface area contributed by atoms with E-state index in [1.54, 1.807) is 0 Å². The van der Waals surface area contributed by atoms with E-state index >= 15 is 0 Å². The molecule has 0 amide bonds. The fourth-order valence-corrected chi connectivity index (χ4v) is 1.40. The molecule has 0 spiro atoms. The van der Waals surface area contributed by atoms with E-state index in [-0.39, 0.29) is 13.2 Å². The summed E-state index contributed by atoms with van der Waals surface area (Å²) in [6.45, 7) is -0.00849. The number of hydrogen-bond acceptors (Lipinski definition) is 4. The van der Waals surface area contributed by atoms with Crippen LogP contribution in [0.1, 0.15) is 6.23 Å². The Balaban J connectivity index is 2.43. The molecule has 2 N–H and O–H groups in total. The van der Waals surface area contributed by atoms with E-state index in [9.17, 15) is 14.0 Å². The molecule has 6 nitrogen and oxygen atoms in total. The van der Waals surface area contributed by atoms with E-state index in [1.807, 2.05) is 4.98 Å². The molecule has 1 aromatic heterocycles. The molecule has 0 bridgehead atoms. The lowest BCUT2D eigenvalue weighted by Crippen LogP contribution is -2.33. The second kappa shape index (κ2) is 4.03. The second-order valence-electron chi connectivity index (χ2n) is 3.33. The van der Waals surface area contributed by atoms with Gasteiger partial charge < -0.3 is 9.84 Å². The minimum atomic E-state index is -1.06. The zero-order chi connectivity index (χ0) is 11.7. The van der Waals surface area contributed by atoms with Crippen LogP contribution < -0.4 is 11.2 Å². The van der Waals surface area contributed by atoms with E-state index in [2.05, 4.69) is 0 Å². The van der Waals surface area contributed by atoms with Crippen molar-refractivity contribution in [2.45, 2.75) is 6.23 Å². The van der Waals surface area contributed by atoms with Crippen LogP contribution in [0, 0.1) is 5.82 Å². The highest BCUT2D eigenvalue weighted by atomic mass is 19.1. The summed E-state index contributed by atoms with van der Waals surface area (Å²) in [6, 6.07) is 0. The molecule has 1 aromatic rings. The van der Waals surface area contributed by atoms with Crippen molar-refractivity contribution in [3.8, 4) is 0 Å². The molecule has 1 atom stereocenters. The van der Waals surface area contributed by atoms with Gasteiger partial charge in [0.25, 0.3) is 5.56 Å². The first-order valence-corrected chi connectivity index (χ1v) is 4.55. The van der Waals surface area contributed by atoms with Crippen molar-refractivity contribution in [3.63, 3.8) is 0 Å². The zero-order valence-electron chi connectivity index (χ0n) is 8.14. The lowest BCUT2D eigenvalue weighted by Gasteiger charge is -2.10. The molecule has 16 heavy (non-hydrogen) atoms. The Kier molecular flexibility index (Phi) is 2.71. The molecule has 0 fully saturated rings. The second-order valence-corrected chi connectivity index (χ2v) is 3.33. The average molecular weight is 228 g/mol. The van der Waals surface area contributed by atoms with Crippen molar-refractivity contribution >= 4 is 0 Å². The summed E-state index contributed by atoms with van der Waals surface area (Å²) >= 11 is 0. The molecule has 0 unspecified atom stereocenters. The first-order valence-electron chi connectivity index (χ1n) is 4.55. The maximum Gasteiger partial charge on any atom is 0.330 e. The maximum absolute atomic E-state index is 13.0. The maximum atomic E-state index is 13.0. The Morgan fingerprint density at radius 1 is 1.62 bits per heavy atom. The summed E-state index contributed by atoms with van der Waals surface area (Å²) in [5.41, 5.74) is -1.22. The smallest absolute Gasteiger partial charge is 0.330 e. The third kappa shape index (κ3) is 1.82. The third-order valence-electron chi connectivity index (χ3n) is 2.22. The van der Waals surface area contributed by atoms with Crippen LogP contribution in [0.15, 0.2) is 27.4 Å². The molecule has 86 valence electrons. The summed E-state index contributed by atoms with van der Waals surface area (Å²) in [5, 5.41) is 8.83. The van der Waals surface area contributed by atoms with Crippen molar-refractivity contribution in [2.75, 3.05) is 13.2 Å². The molecular formula is C9H9FN2O4. The summed E-state index contributed by atoms with van der Waals surface area (Å²) in [6.07, 6.45) is 1.49. The van der Waals surface area contributed by atoms with Crippen LogP contribution in [0.3, 0.4) is 0 Å². The normalized spacial score (nSPS) is 19.9. The Morgan fingerprint density at radius 3 is 3.00 bits per heavy atom. The van der Waals surface area contributed by atoms with Gasteiger partial charge >= 0.3 is 5.69 Å². The van der Waals surface area contributed by atoms with Crippen LogP contribution in [0.2, 0.25) is 0 Å². The number of hydrogen-bond donors (Lipinski definition) is 2. The van der Waals surface area contributed by atoms with Gasteiger partial charge in [0, 0.05) is 0 Å². The minimum Gasteiger partial charge on any atom is -0.392 e. The van der Waals surface area contributed by atoms with Gasteiger partial charge in [-0.25, -0.2) is 4.79 Å². The Morgan fingerprint density at radius 2 is 2.38 bits per heavy atom. The number of aromatic nitrogens is 2. The fraction of sp³-hybridized carbons (Fsp3) is 0.333. The molecule has 0 radical (unpaired) electrons.